The lowest BCUT2D eigenvalue weighted by atomic mass is 10.1. The summed E-state index contributed by atoms with van der Waals surface area (Å²) >= 11 is 5.47. The molecule has 0 amide bonds. The topological polar surface area (TPSA) is 9.23 Å². The van der Waals surface area contributed by atoms with Crippen LogP contribution in [0.1, 0.15) is 12.0 Å². The first-order valence-corrected chi connectivity index (χ1v) is 5.14. The van der Waals surface area contributed by atoms with Crippen molar-refractivity contribution < 1.29 is 4.74 Å². The fraction of sp³-hybridized carbons (Fsp3) is 0.455. The number of benzene rings is 1. The maximum Gasteiger partial charge on any atom is 0.0601 e. The van der Waals surface area contributed by atoms with Crippen molar-refractivity contribution in [1.29, 1.82) is 0 Å². The van der Waals surface area contributed by atoms with Crippen LogP contribution in [0.25, 0.3) is 0 Å². The van der Waals surface area contributed by atoms with E-state index < -0.39 is 0 Å². The fourth-order valence-electron chi connectivity index (χ4n) is 1.18. The molecule has 0 aliphatic carbocycles. The monoisotopic (exact) mass is 198 g/mol. The van der Waals surface area contributed by atoms with Crippen molar-refractivity contribution in [3.05, 3.63) is 35.9 Å². The minimum Gasteiger partial charge on any atom is -0.380 e. The second-order valence-corrected chi connectivity index (χ2v) is 3.27. The number of hydrogen-bond donors (Lipinski definition) is 0. The van der Waals surface area contributed by atoms with Crippen molar-refractivity contribution in [3.8, 4) is 0 Å². The Balaban J connectivity index is 2.07. The van der Waals surface area contributed by atoms with Gasteiger partial charge in [0.15, 0.2) is 0 Å². The highest BCUT2D eigenvalue weighted by Crippen LogP contribution is 2.02. The molecule has 0 spiro atoms. The molecule has 2 heteroatoms. The zero-order chi connectivity index (χ0) is 9.36. The lowest BCUT2D eigenvalue weighted by molar-refractivity contribution is 0.147. The standard InChI is InChI=1S/C11H15ClO/c12-8-10-13-9-4-7-11-5-2-1-3-6-11/h1-3,5-6H,4,7-10H2. The van der Waals surface area contributed by atoms with E-state index in [-0.39, 0.29) is 0 Å². The largest absolute Gasteiger partial charge is 0.380 e. The highest BCUT2D eigenvalue weighted by Gasteiger charge is 1.91. The van der Waals surface area contributed by atoms with E-state index in [1.807, 2.05) is 6.07 Å². The zero-order valence-corrected chi connectivity index (χ0v) is 8.46. The lowest BCUT2D eigenvalue weighted by Gasteiger charge is -2.01. The molecule has 1 nitrogen and oxygen atoms in total. The molecule has 13 heavy (non-hydrogen) atoms. The van der Waals surface area contributed by atoms with Gasteiger partial charge in [0.05, 0.1) is 6.61 Å². The maximum atomic E-state index is 5.47. The van der Waals surface area contributed by atoms with Crippen molar-refractivity contribution >= 4 is 11.6 Å². The van der Waals surface area contributed by atoms with E-state index in [1.54, 1.807) is 0 Å². The van der Waals surface area contributed by atoms with Gasteiger partial charge in [0, 0.05) is 12.5 Å². The summed E-state index contributed by atoms with van der Waals surface area (Å²) in [5.74, 6) is 0.589. The van der Waals surface area contributed by atoms with Crippen molar-refractivity contribution in [2.24, 2.45) is 0 Å². The quantitative estimate of drug-likeness (QED) is 0.505. The molecule has 0 atom stereocenters. The third kappa shape index (κ3) is 4.91. The van der Waals surface area contributed by atoms with Crippen LogP contribution in [-0.2, 0) is 11.2 Å². The Bertz CT molecular complexity index is 211. The molecule has 0 fully saturated rings. The molecule has 0 heterocycles. The van der Waals surface area contributed by atoms with Gasteiger partial charge in [-0.2, -0.15) is 0 Å². The van der Waals surface area contributed by atoms with Crippen molar-refractivity contribution in [3.63, 3.8) is 0 Å². The van der Waals surface area contributed by atoms with Crippen LogP contribution in [0, 0.1) is 0 Å². The first kappa shape index (κ1) is 10.6. The molecule has 72 valence electrons. The number of alkyl halides is 1. The smallest absolute Gasteiger partial charge is 0.0601 e. The average molecular weight is 199 g/mol. The minimum absolute atomic E-state index is 0.589. The van der Waals surface area contributed by atoms with Crippen molar-refractivity contribution in [1.82, 2.24) is 0 Å². The molecule has 1 aromatic rings. The lowest BCUT2D eigenvalue weighted by Crippen LogP contribution is -1.99. The molecule has 0 N–H and O–H groups in total. The van der Waals surface area contributed by atoms with E-state index in [1.165, 1.54) is 5.56 Å². The summed E-state index contributed by atoms with van der Waals surface area (Å²) in [5, 5.41) is 0. The third-order valence-electron chi connectivity index (χ3n) is 1.82. The number of ether oxygens (including phenoxy) is 1. The van der Waals surface area contributed by atoms with E-state index in [0.29, 0.717) is 12.5 Å². The number of rotatable bonds is 6. The van der Waals surface area contributed by atoms with E-state index in [4.69, 9.17) is 16.3 Å². The van der Waals surface area contributed by atoms with Gasteiger partial charge in [-0.05, 0) is 18.4 Å². The van der Waals surface area contributed by atoms with Gasteiger partial charge in [0.2, 0.25) is 0 Å². The molecular formula is C11H15ClO. The highest BCUT2D eigenvalue weighted by atomic mass is 35.5. The number of halogens is 1. The third-order valence-corrected chi connectivity index (χ3v) is 1.97. The molecule has 0 saturated heterocycles. The highest BCUT2D eigenvalue weighted by molar-refractivity contribution is 6.17. The van der Waals surface area contributed by atoms with Crippen LogP contribution in [0.3, 0.4) is 0 Å². The first-order valence-electron chi connectivity index (χ1n) is 4.61. The van der Waals surface area contributed by atoms with E-state index in [2.05, 4.69) is 24.3 Å². The Morgan fingerprint density at radius 2 is 1.85 bits per heavy atom. The molecule has 0 aliphatic heterocycles. The predicted octanol–water partition coefficient (Wildman–Crippen LogP) is 2.87. The molecule has 0 radical (unpaired) electrons. The van der Waals surface area contributed by atoms with Gasteiger partial charge >= 0.3 is 0 Å². The van der Waals surface area contributed by atoms with Crippen LogP contribution >= 0.6 is 11.6 Å². The van der Waals surface area contributed by atoms with Crippen LogP contribution in [-0.4, -0.2) is 19.1 Å². The molecule has 0 aliphatic rings. The summed E-state index contributed by atoms with van der Waals surface area (Å²) in [6.07, 6.45) is 2.16. The van der Waals surface area contributed by atoms with Crippen LogP contribution in [0.15, 0.2) is 30.3 Å². The van der Waals surface area contributed by atoms with Gasteiger partial charge in [-0.3, -0.25) is 0 Å². The van der Waals surface area contributed by atoms with Crippen molar-refractivity contribution in [2.75, 3.05) is 19.1 Å². The van der Waals surface area contributed by atoms with Gasteiger partial charge in [-0.15, -0.1) is 11.6 Å². The second-order valence-electron chi connectivity index (χ2n) is 2.89. The van der Waals surface area contributed by atoms with Crippen molar-refractivity contribution in [2.45, 2.75) is 12.8 Å². The Morgan fingerprint density at radius 3 is 2.54 bits per heavy atom. The molecule has 1 rings (SSSR count). The van der Waals surface area contributed by atoms with Crippen LogP contribution in [0.4, 0.5) is 0 Å². The Hall–Kier alpha value is -0.530. The summed E-state index contributed by atoms with van der Waals surface area (Å²) in [4.78, 5) is 0. The Kier molecular flexibility index (Phi) is 5.62. The maximum absolute atomic E-state index is 5.47. The summed E-state index contributed by atoms with van der Waals surface area (Å²) < 4.78 is 5.27. The summed E-state index contributed by atoms with van der Waals surface area (Å²) in [6.45, 7) is 1.47. The fourth-order valence-corrected chi connectivity index (χ4v) is 1.29. The molecular weight excluding hydrogens is 184 g/mol. The normalized spacial score (nSPS) is 10.2. The van der Waals surface area contributed by atoms with Gasteiger partial charge in [0.1, 0.15) is 0 Å². The Morgan fingerprint density at radius 1 is 1.08 bits per heavy atom. The number of aryl methyl sites for hydroxylation is 1. The molecule has 0 bridgehead atoms. The SMILES string of the molecule is ClCCOCCCc1ccccc1. The number of hydrogen-bond acceptors (Lipinski definition) is 1. The zero-order valence-electron chi connectivity index (χ0n) is 7.71. The average Bonchev–Trinajstić information content (AvgIpc) is 2.19. The van der Waals surface area contributed by atoms with E-state index in [9.17, 15) is 0 Å². The van der Waals surface area contributed by atoms with Gasteiger partial charge in [-0.25, -0.2) is 0 Å². The molecule has 0 saturated carbocycles. The molecule has 0 unspecified atom stereocenters. The molecule has 0 aromatic heterocycles. The van der Waals surface area contributed by atoms with E-state index in [0.717, 1.165) is 19.4 Å². The second kappa shape index (κ2) is 6.93. The van der Waals surface area contributed by atoms with Gasteiger partial charge in [-0.1, -0.05) is 30.3 Å². The summed E-state index contributed by atoms with van der Waals surface area (Å²) in [7, 11) is 0. The van der Waals surface area contributed by atoms with Gasteiger partial charge in [0.25, 0.3) is 0 Å². The van der Waals surface area contributed by atoms with E-state index >= 15 is 0 Å². The van der Waals surface area contributed by atoms with Gasteiger partial charge < -0.3 is 4.74 Å². The summed E-state index contributed by atoms with van der Waals surface area (Å²) in [5.41, 5.74) is 1.37. The molecule has 1 aromatic carbocycles. The van der Waals surface area contributed by atoms with Crippen LogP contribution < -0.4 is 0 Å². The Labute approximate surface area is 84.7 Å². The predicted molar refractivity (Wildman–Crippen MR) is 56.3 cm³/mol. The summed E-state index contributed by atoms with van der Waals surface area (Å²) in [6, 6.07) is 10.4. The van der Waals surface area contributed by atoms with Crippen LogP contribution in [0.2, 0.25) is 0 Å². The van der Waals surface area contributed by atoms with Crippen LogP contribution in [0.5, 0.6) is 0 Å². The first-order chi connectivity index (χ1) is 6.43. The minimum atomic E-state index is 0.589.